The SMILES string of the molecule is CCC(C#N)C(c1cccc(F)c1)N(C)C. The summed E-state index contributed by atoms with van der Waals surface area (Å²) in [6.07, 6.45) is 0.760. The quantitative estimate of drug-likeness (QED) is 0.780. The highest BCUT2D eigenvalue weighted by atomic mass is 19.1. The van der Waals surface area contributed by atoms with Gasteiger partial charge in [0.05, 0.1) is 18.0 Å². The summed E-state index contributed by atoms with van der Waals surface area (Å²) in [7, 11) is 3.82. The van der Waals surface area contributed by atoms with Crippen LogP contribution in [0, 0.1) is 23.1 Å². The van der Waals surface area contributed by atoms with Crippen molar-refractivity contribution in [2.75, 3.05) is 14.1 Å². The lowest BCUT2D eigenvalue weighted by Gasteiger charge is -2.28. The molecule has 86 valence electrons. The zero-order valence-electron chi connectivity index (χ0n) is 9.94. The Balaban J connectivity index is 3.08. The zero-order valence-corrected chi connectivity index (χ0v) is 9.94. The minimum absolute atomic E-state index is 0.0503. The lowest BCUT2D eigenvalue weighted by Crippen LogP contribution is -2.26. The molecular weight excluding hydrogens is 203 g/mol. The van der Waals surface area contributed by atoms with Crippen molar-refractivity contribution in [1.29, 1.82) is 5.26 Å². The van der Waals surface area contributed by atoms with E-state index in [-0.39, 0.29) is 17.8 Å². The Morgan fingerprint density at radius 3 is 2.56 bits per heavy atom. The van der Waals surface area contributed by atoms with Gasteiger partial charge in [-0.15, -0.1) is 0 Å². The fraction of sp³-hybridized carbons (Fsp3) is 0.462. The van der Waals surface area contributed by atoms with Crippen LogP contribution in [-0.2, 0) is 0 Å². The van der Waals surface area contributed by atoms with E-state index in [0.29, 0.717) is 0 Å². The van der Waals surface area contributed by atoms with Crippen LogP contribution in [0.1, 0.15) is 24.9 Å². The number of rotatable bonds is 4. The first-order chi connectivity index (χ1) is 7.60. The van der Waals surface area contributed by atoms with Gasteiger partial charge in [0, 0.05) is 0 Å². The first-order valence-electron chi connectivity index (χ1n) is 5.41. The predicted molar refractivity (Wildman–Crippen MR) is 62.2 cm³/mol. The lowest BCUT2D eigenvalue weighted by molar-refractivity contribution is 0.241. The highest BCUT2D eigenvalue weighted by molar-refractivity contribution is 5.22. The molecule has 0 aliphatic carbocycles. The second-order valence-electron chi connectivity index (χ2n) is 4.11. The Bertz CT molecular complexity index is 382. The molecule has 0 radical (unpaired) electrons. The molecule has 1 rings (SSSR count). The van der Waals surface area contributed by atoms with Crippen LogP contribution in [-0.4, -0.2) is 19.0 Å². The topological polar surface area (TPSA) is 27.0 Å². The lowest BCUT2D eigenvalue weighted by atomic mass is 9.91. The van der Waals surface area contributed by atoms with Crippen molar-refractivity contribution in [3.8, 4) is 6.07 Å². The molecule has 2 nitrogen and oxygen atoms in total. The third-order valence-electron chi connectivity index (χ3n) is 2.73. The van der Waals surface area contributed by atoms with Crippen LogP contribution >= 0.6 is 0 Å². The van der Waals surface area contributed by atoms with Gasteiger partial charge in [-0.2, -0.15) is 5.26 Å². The standard InChI is InChI=1S/C13H17FN2/c1-4-10(9-15)13(16(2)3)11-6-5-7-12(14)8-11/h5-8,10,13H,4H2,1-3H3. The van der Waals surface area contributed by atoms with Crippen LogP contribution in [0.4, 0.5) is 4.39 Å². The number of hydrogen-bond donors (Lipinski definition) is 0. The second-order valence-corrected chi connectivity index (χ2v) is 4.11. The Hall–Kier alpha value is -1.40. The zero-order chi connectivity index (χ0) is 12.1. The monoisotopic (exact) mass is 220 g/mol. The van der Waals surface area contributed by atoms with Crippen LogP contribution in [0.15, 0.2) is 24.3 Å². The summed E-state index contributed by atoms with van der Waals surface area (Å²) >= 11 is 0. The molecule has 0 aromatic heterocycles. The molecule has 2 atom stereocenters. The van der Waals surface area contributed by atoms with Gasteiger partial charge in [-0.25, -0.2) is 4.39 Å². The van der Waals surface area contributed by atoms with Gasteiger partial charge < -0.3 is 4.90 Å². The van der Waals surface area contributed by atoms with Crippen LogP contribution in [0.2, 0.25) is 0 Å². The van der Waals surface area contributed by atoms with Gasteiger partial charge in [-0.3, -0.25) is 0 Å². The van der Waals surface area contributed by atoms with Gasteiger partial charge in [0.2, 0.25) is 0 Å². The number of nitrogens with zero attached hydrogens (tertiary/aromatic N) is 2. The number of halogens is 1. The van der Waals surface area contributed by atoms with Crippen molar-refractivity contribution in [3.63, 3.8) is 0 Å². The van der Waals surface area contributed by atoms with E-state index in [1.165, 1.54) is 12.1 Å². The maximum absolute atomic E-state index is 13.2. The number of nitriles is 1. The predicted octanol–water partition coefficient (Wildman–Crippen LogP) is 2.98. The van der Waals surface area contributed by atoms with Gasteiger partial charge in [-0.1, -0.05) is 19.1 Å². The maximum Gasteiger partial charge on any atom is 0.123 e. The minimum atomic E-state index is -0.253. The van der Waals surface area contributed by atoms with Gasteiger partial charge in [0.1, 0.15) is 5.82 Å². The molecule has 2 unspecified atom stereocenters. The van der Waals surface area contributed by atoms with Gasteiger partial charge in [0.15, 0.2) is 0 Å². The molecule has 0 aliphatic rings. The Morgan fingerprint density at radius 2 is 2.12 bits per heavy atom. The van der Waals surface area contributed by atoms with E-state index < -0.39 is 0 Å². The average molecular weight is 220 g/mol. The molecular formula is C13H17FN2. The molecule has 0 saturated heterocycles. The van der Waals surface area contributed by atoms with E-state index >= 15 is 0 Å². The molecule has 0 bridgehead atoms. The van der Waals surface area contributed by atoms with Gasteiger partial charge in [-0.05, 0) is 38.2 Å². The van der Waals surface area contributed by atoms with Crippen molar-refractivity contribution in [1.82, 2.24) is 4.90 Å². The average Bonchev–Trinajstić information content (AvgIpc) is 2.24. The van der Waals surface area contributed by atoms with E-state index in [2.05, 4.69) is 6.07 Å². The van der Waals surface area contributed by atoms with Crippen molar-refractivity contribution >= 4 is 0 Å². The van der Waals surface area contributed by atoms with Crippen LogP contribution in [0.25, 0.3) is 0 Å². The van der Waals surface area contributed by atoms with Gasteiger partial charge >= 0.3 is 0 Å². The summed E-state index contributed by atoms with van der Waals surface area (Å²) in [4.78, 5) is 1.96. The minimum Gasteiger partial charge on any atom is -0.301 e. The van der Waals surface area contributed by atoms with Crippen LogP contribution < -0.4 is 0 Å². The summed E-state index contributed by atoms with van der Waals surface area (Å²) in [6.45, 7) is 1.98. The molecule has 0 amide bonds. The molecule has 0 fully saturated rings. The van der Waals surface area contributed by atoms with Crippen molar-refractivity contribution in [2.24, 2.45) is 5.92 Å². The van der Waals surface area contributed by atoms with Crippen molar-refractivity contribution in [3.05, 3.63) is 35.6 Å². The molecule has 0 saturated carbocycles. The Labute approximate surface area is 96.3 Å². The summed E-state index contributed by atoms with van der Waals surface area (Å²) in [5.74, 6) is -0.367. The molecule has 0 N–H and O–H groups in total. The number of hydrogen-bond acceptors (Lipinski definition) is 2. The highest BCUT2D eigenvalue weighted by Gasteiger charge is 2.23. The van der Waals surface area contributed by atoms with Crippen LogP contribution in [0.5, 0.6) is 0 Å². The molecule has 0 aliphatic heterocycles. The molecule has 0 spiro atoms. The van der Waals surface area contributed by atoms with E-state index in [1.807, 2.05) is 32.0 Å². The van der Waals surface area contributed by atoms with Crippen LogP contribution in [0.3, 0.4) is 0 Å². The summed E-state index contributed by atoms with van der Waals surface area (Å²) < 4.78 is 13.2. The van der Waals surface area contributed by atoms with E-state index in [4.69, 9.17) is 5.26 Å². The summed E-state index contributed by atoms with van der Waals surface area (Å²) in [6, 6.07) is 8.72. The van der Waals surface area contributed by atoms with Gasteiger partial charge in [0.25, 0.3) is 0 Å². The summed E-state index contributed by atoms with van der Waals surface area (Å²) in [5, 5.41) is 9.11. The fourth-order valence-corrected chi connectivity index (χ4v) is 1.97. The summed E-state index contributed by atoms with van der Waals surface area (Å²) in [5.41, 5.74) is 0.860. The van der Waals surface area contributed by atoms with Crippen molar-refractivity contribution in [2.45, 2.75) is 19.4 Å². The van der Waals surface area contributed by atoms with Crippen molar-refractivity contribution < 1.29 is 4.39 Å². The first kappa shape index (κ1) is 12.7. The largest absolute Gasteiger partial charge is 0.301 e. The third-order valence-corrected chi connectivity index (χ3v) is 2.73. The third kappa shape index (κ3) is 2.80. The van der Waals surface area contributed by atoms with E-state index in [1.54, 1.807) is 6.07 Å². The maximum atomic E-state index is 13.2. The Morgan fingerprint density at radius 1 is 1.44 bits per heavy atom. The number of benzene rings is 1. The smallest absolute Gasteiger partial charge is 0.123 e. The molecule has 1 aromatic rings. The molecule has 3 heteroatoms. The normalized spacial score (nSPS) is 14.5. The molecule has 1 aromatic carbocycles. The Kier molecular flexibility index (Phi) is 4.45. The molecule has 0 heterocycles. The molecule has 16 heavy (non-hydrogen) atoms. The first-order valence-corrected chi connectivity index (χ1v) is 5.41. The highest BCUT2D eigenvalue weighted by Crippen LogP contribution is 2.28. The second kappa shape index (κ2) is 5.62. The van der Waals surface area contributed by atoms with E-state index in [0.717, 1.165) is 12.0 Å². The fourth-order valence-electron chi connectivity index (χ4n) is 1.97. The van der Waals surface area contributed by atoms with E-state index in [9.17, 15) is 4.39 Å².